The molecule has 0 spiro atoms. The summed E-state index contributed by atoms with van der Waals surface area (Å²) in [4.78, 5) is 3.77. The molecule has 0 saturated carbocycles. The molecular formula is C11H15F3N2OS. The van der Waals surface area contributed by atoms with Crippen LogP contribution in [0.5, 0.6) is 0 Å². The lowest BCUT2D eigenvalue weighted by atomic mass is 10.3. The molecule has 0 atom stereocenters. The second kappa shape index (κ2) is 7.60. The Labute approximate surface area is 108 Å². The van der Waals surface area contributed by atoms with E-state index in [-0.39, 0.29) is 0 Å². The first-order chi connectivity index (χ1) is 8.54. The fraction of sp³-hybridized carbons (Fsp3) is 0.545. The molecule has 1 aromatic heterocycles. The molecule has 0 aromatic carbocycles. The summed E-state index contributed by atoms with van der Waals surface area (Å²) in [7, 11) is 1.63. The summed E-state index contributed by atoms with van der Waals surface area (Å²) in [6.07, 6.45) is -3.46. The van der Waals surface area contributed by atoms with E-state index >= 15 is 0 Å². The molecule has 1 N–H and O–H groups in total. The number of alkyl halides is 3. The van der Waals surface area contributed by atoms with Crippen LogP contribution in [0.25, 0.3) is 0 Å². The monoisotopic (exact) mass is 280 g/mol. The largest absolute Gasteiger partial charge is 0.417 e. The van der Waals surface area contributed by atoms with Gasteiger partial charge in [-0.05, 0) is 12.1 Å². The number of ether oxygens (including phenoxy) is 1. The summed E-state index contributed by atoms with van der Waals surface area (Å²) in [5.74, 6) is 0.752. The van der Waals surface area contributed by atoms with Gasteiger partial charge in [0, 0.05) is 32.1 Å². The molecule has 102 valence electrons. The lowest BCUT2D eigenvalue weighted by Crippen LogP contribution is -2.21. The summed E-state index contributed by atoms with van der Waals surface area (Å²) in [6.45, 7) is 2.16. The van der Waals surface area contributed by atoms with Crippen molar-refractivity contribution in [2.24, 2.45) is 0 Å². The molecular weight excluding hydrogens is 265 g/mol. The predicted octanol–water partition coefficient (Wildman–Crippen LogP) is 2.43. The zero-order chi connectivity index (χ0) is 13.4. The summed E-state index contributed by atoms with van der Waals surface area (Å²) in [6, 6.07) is 2.44. The van der Waals surface area contributed by atoms with Crippen molar-refractivity contribution in [3.63, 3.8) is 0 Å². The van der Waals surface area contributed by atoms with Gasteiger partial charge in [0.25, 0.3) is 0 Å². The molecule has 0 saturated heterocycles. The maximum absolute atomic E-state index is 12.3. The van der Waals surface area contributed by atoms with E-state index in [2.05, 4.69) is 10.3 Å². The van der Waals surface area contributed by atoms with Crippen molar-refractivity contribution >= 4 is 11.8 Å². The van der Waals surface area contributed by atoms with E-state index in [1.807, 2.05) is 0 Å². The molecule has 0 aliphatic carbocycles. The zero-order valence-electron chi connectivity index (χ0n) is 9.96. The minimum Gasteiger partial charge on any atom is -0.383 e. The number of nitrogens with one attached hydrogen (secondary N) is 1. The zero-order valence-corrected chi connectivity index (χ0v) is 10.8. The smallest absolute Gasteiger partial charge is 0.383 e. The van der Waals surface area contributed by atoms with Crippen LogP contribution in [-0.2, 0) is 10.9 Å². The Bertz CT molecular complexity index is 343. The average molecular weight is 280 g/mol. The van der Waals surface area contributed by atoms with E-state index in [4.69, 9.17) is 4.74 Å². The highest BCUT2D eigenvalue weighted by atomic mass is 32.2. The number of halogens is 3. The van der Waals surface area contributed by atoms with Crippen LogP contribution >= 0.6 is 11.8 Å². The normalized spacial score (nSPS) is 11.8. The summed E-state index contributed by atoms with van der Waals surface area (Å²) < 4.78 is 41.7. The first-order valence-electron chi connectivity index (χ1n) is 5.39. The van der Waals surface area contributed by atoms with Crippen LogP contribution in [0.2, 0.25) is 0 Å². The number of nitrogens with zero attached hydrogens (tertiary/aromatic N) is 1. The molecule has 1 rings (SSSR count). The highest BCUT2D eigenvalue weighted by molar-refractivity contribution is 7.99. The maximum atomic E-state index is 12.3. The van der Waals surface area contributed by atoms with Crippen LogP contribution in [0.4, 0.5) is 13.2 Å². The van der Waals surface area contributed by atoms with Gasteiger partial charge in [0.15, 0.2) is 0 Å². The number of hydrogen-bond acceptors (Lipinski definition) is 4. The first kappa shape index (κ1) is 15.3. The fourth-order valence-electron chi connectivity index (χ4n) is 1.16. The third-order valence-electron chi connectivity index (χ3n) is 2.08. The molecule has 18 heavy (non-hydrogen) atoms. The standard InChI is InChI=1S/C11H15F3N2OS/c1-17-6-4-15-5-7-18-10-3-2-9(8-16-10)11(12,13)14/h2-3,8,15H,4-7H2,1H3. The predicted molar refractivity (Wildman–Crippen MR) is 64.7 cm³/mol. The van der Waals surface area contributed by atoms with Gasteiger partial charge in [0.05, 0.1) is 17.2 Å². The van der Waals surface area contributed by atoms with Gasteiger partial charge in [-0.3, -0.25) is 0 Å². The van der Waals surface area contributed by atoms with E-state index < -0.39 is 11.7 Å². The topological polar surface area (TPSA) is 34.1 Å². The molecule has 7 heteroatoms. The number of hydrogen-bond donors (Lipinski definition) is 1. The van der Waals surface area contributed by atoms with E-state index in [1.54, 1.807) is 7.11 Å². The minimum atomic E-state index is -4.32. The lowest BCUT2D eigenvalue weighted by molar-refractivity contribution is -0.137. The number of rotatable bonds is 7. The van der Waals surface area contributed by atoms with Crippen molar-refractivity contribution in [3.8, 4) is 0 Å². The van der Waals surface area contributed by atoms with Crippen molar-refractivity contribution in [1.29, 1.82) is 0 Å². The van der Waals surface area contributed by atoms with Crippen molar-refractivity contribution in [3.05, 3.63) is 23.9 Å². The molecule has 0 bridgehead atoms. The van der Waals surface area contributed by atoms with Gasteiger partial charge in [-0.1, -0.05) is 0 Å². The number of pyridine rings is 1. The molecule has 0 amide bonds. The Kier molecular flexibility index (Phi) is 6.45. The second-order valence-electron chi connectivity index (χ2n) is 3.47. The highest BCUT2D eigenvalue weighted by Crippen LogP contribution is 2.29. The van der Waals surface area contributed by atoms with Crippen LogP contribution in [-0.4, -0.2) is 37.5 Å². The quantitative estimate of drug-likeness (QED) is 0.614. The van der Waals surface area contributed by atoms with Gasteiger partial charge < -0.3 is 10.1 Å². The Morgan fingerprint density at radius 2 is 2.11 bits per heavy atom. The van der Waals surface area contributed by atoms with Gasteiger partial charge in [-0.15, -0.1) is 11.8 Å². The van der Waals surface area contributed by atoms with E-state index in [0.29, 0.717) is 11.6 Å². The van der Waals surface area contributed by atoms with Crippen molar-refractivity contribution in [2.75, 3.05) is 32.6 Å². The number of aromatic nitrogens is 1. The number of thioether (sulfide) groups is 1. The summed E-state index contributed by atoms with van der Waals surface area (Å²) in [5.41, 5.74) is -0.718. The Balaban J connectivity index is 2.27. The molecule has 0 radical (unpaired) electrons. The van der Waals surface area contributed by atoms with Gasteiger partial charge >= 0.3 is 6.18 Å². The van der Waals surface area contributed by atoms with E-state index in [0.717, 1.165) is 31.1 Å². The van der Waals surface area contributed by atoms with Crippen LogP contribution < -0.4 is 5.32 Å². The Hall–Kier alpha value is -0.790. The van der Waals surface area contributed by atoms with E-state index in [1.165, 1.54) is 17.8 Å². The van der Waals surface area contributed by atoms with Gasteiger partial charge in [-0.2, -0.15) is 13.2 Å². The Morgan fingerprint density at radius 1 is 1.33 bits per heavy atom. The van der Waals surface area contributed by atoms with Crippen LogP contribution in [0.15, 0.2) is 23.4 Å². The van der Waals surface area contributed by atoms with Crippen LogP contribution in [0.3, 0.4) is 0 Å². The molecule has 0 aliphatic heterocycles. The SMILES string of the molecule is COCCNCCSc1ccc(C(F)(F)F)cn1. The van der Waals surface area contributed by atoms with E-state index in [9.17, 15) is 13.2 Å². The molecule has 0 fully saturated rings. The van der Waals surface area contributed by atoms with Gasteiger partial charge in [0.1, 0.15) is 0 Å². The van der Waals surface area contributed by atoms with Crippen molar-refractivity contribution < 1.29 is 17.9 Å². The summed E-state index contributed by atoms with van der Waals surface area (Å²) in [5, 5.41) is 3.73. The Morgan fingerprint density at radius 3 is 2.67 bits per heavy atom. The average Bonchev–Trinajstić information content (AvgIpc) is 2.33. The molecule has 0 unspecified atom stereocenters. The van der Waals surface area contributed by atoms with Gasteiger partial charge in [-0.25, -0.2) is 4.98 Å². The molecule has 0 aliphatic rings. The fourth-order valence-corrected chi connectivity index (χ4v) is 1.91. The van der Waals surface area contributed by atoms with Crippen molar-refractivity contribution in [2.45, 2.75) is 11.2 Å². The third kappa shape index (κ3) is 5.70. The second-order valence-corrected chi connectivity index (χ2v) is 4.59. The lowest BCUT2D eigenvalue weighted by Gasteiger charge is -2.07. The molecule has 1 aromatic rings. The summed E-state index contributed by atoms with van der Waals surface area (Å²) >= 11 is 1.42. The van der Waals surface area contributed by atoms with Gasteiger partial charge in [0.2, 0.25) is 0 Å². The van der Waals surface area contributed by atoms with Crippen molar-refractivity contribution in [1.82, 2.24) is 10.3 Å². The molecule has 3 nitrogen and oxygen atoms in total. The number of methoxy groups -OCH3 is 1. The highest BCUT2D eigenvalue weighted by Gasteiger charge is 2.30. The van der Waals surface area contributed by atoms with Crippen LogP contribution in [0.1, 0.15) is 5.56 Å². The first-order valence-corrected chi connectivity index (χ1v) is 6.38. The third-order valence-corrected chi connectivity index (χ3v) is 3.02. The van der Waals surface area contributed by atoms with Crippen LogP contribution in [0, 0.1) is 0 Å². The minimum absolute atomic E-state index is 0.594. The maximum Gasteiger partial charge on any atom is 0.417 e. The molecule has 1 heterocycles.